The minimum atomic E-state index is 0.985. The molecule has 0 aliphatic carbocycles. The summed E-state index contributed by atoms with van der Waals surface area (Å²) in [5.74, 6) is 0. The highest BCUT2D eigenvalue weighted by atomic mass is 15.5. The van der Waals surface area contributed by atoms with Crippen LogP contribution in [0.4, 0.5) is 5.69 Å². The van der Waals surface area contributed by atoms with E-state index in [2.05, 4.69) is 85.0 Å². The van der Waals surface area contributed by atoms with Crippen molar-refractivity contribution in [3.8, 4) is 0 Å². The Bertz CT molecular complexity index is 770. The van der Waals surface area contributed by atoms with Gasteiger partial charge in [-0.1, -0.05) is 35.9 Å². The highest BCUT2D eigenvalue weighted by Gasteiger charge is 2.16. The molecule has 0 amide bonds. The molecular formula is C24H34N4. The molecule has 0 atom stereocenters. The molecule has 0 saturated carbocycles. The number of benzene rings is 2. The molecule has 0 spiro atoms. The molecule has 0 N–H and O–H groups in total. The summed E-state index contributed by atoms with van der Waals surface area (Å²) in [5, 5.41) is 6.90. The highest BCUT2D eigenvalue weighted by Crippen LogP contribution is 2.16. The Balaban J connectivity index is 1.49. The van der Waals surface area contributed by atoms with Crippen LogP contribution < -0.4 is 4.90 Å². The van der Waals surface area contributed by atoms with Crippen LogP contribution in [0.5, 0.6) is 0 Å². The lowest BCUT2D eigenvalue weighted by Crippen LogP contribution is -2.43. The Morgan fingerprint density at radius 3 is 2.21 bits per heavy atom. The van der Waals surface area contributed by atoms with Gasteiger partial charge in [0.2, 0.25) is 0 Å². The van der Waals surface area contributed by atoms with Gasteiger partial charge >= 0.3 is 0 Å². The van der Waals surface area contributed by atoms with Crippen LogP contribution >= 0.6 is 0 Å². The van der Waals surface area contributed by atoms with E-state index in [-0.39, 0.29) is 0 Å². The lowest BCUT2D eigenvalue weighted by atomic mass is 10.1. The van der Waals surface area contributed by atoms with Gasteiger partial charge in [0.15, 0.2) is 0 Å². The zero-order valence-electron chi connectivity index (χ0n) is 17.9. The molecule has 0 bridgehead atoms. The summed E-state index contributed by atoms with van der Waals surface area (Å²) in [7, 11) is 0. The third-order valence-electron chi connectivity index (χ3n) is 5.63. The van der Waals surface area contributed by atoms with E-state index in [9.17, 15) is 0 Å². The molecule has 3 rings (SSSR count). The fourth-order valence-electron chi connectivity index (χ4n) is 3.78. The first kappa shape index (κ1) is 20.4. The topological polar surface area (TPSA) is 22.1 Å². The van der Waals surface area contributed by atoms with Crippen molar-refractivity contribution < 1.29 is 0 Å². The number of nitrogens with zero attached hydrogens (tertiary/aromatic N) is 4. The zero-order valence-corrected chi connectivity index (χ0v) is 17.9. The third kappa shape index (κ3) is 5.35. The average molecular weight is 379 g/mol. The maximum absolute atomic E-state index is 4.71. The predicted molar refractivity (Wildman–Crippen MR) is 120 cm³/mol. The van der Waals surface area contributed by atoms with E-state index in [4.69, 9.17) is 5.10 Å². The molecule has 0 aromatic heterocycles. The Labute approximate surface area is 170 Å². The predicted octanol–water partition coefficient (Wildman–Crippen LogP) is 4.30. The molecular weight excluding hydrogens is 344 g/mol. The van der Waals surface area contributed by atoms with Crippen LogP contribution in [0, 0.1) is 13.8 Å². The molecule has 0 unspecified atom stereocenters. The molecule has 0 radical (unpaired) electrons. The number of piperazine rings is 1. The number of hydrazone groups is 1. The van der Waals surface area contributed by atoms with Gasteiger partial charge < -0.3 is 4.90 Å². The number of rotatable bonds is 7. The number of hydrogen-bond acceptors (Lipinski definition) is 4. The standard InChI is InChI=1S/C24H34N4/c1-5-27(6-2)24-11-8-22(9-12-24)18-25-28-15-13-26(14-16-28)19-23-10-7-20(3)17-21(23)4/h7-12,17-18H,5-6,13-16,19H2,1-4H3/b25-18-. The fourth-order valence-corrected chi connectivity index (χ4v) is 3.78. The Hall–Kier alpha value is -2.33. The normalized spacial score (nSPS) is 15.4. The van der Waals surface area contributed by atoms with Crippen molar-refractivity contribution >= 4 is 11.9 Å². The first-order chi connectivity index (χ1) is 13.6. The van der Waals surface area contributed by atoms with Gasteiger partial charge in [0.05, 0.1) is 6.21 Å². The Kier molecular flexibility index (Phi) is 7.10. The van der Waals surface area contributed by atoms with Crippen molar-refractivity contribution in [1.29, 1.82) is 0 Å². The molecule has 2 aromatic rings. The van der Waals surface area contributed by atoms with E-state index in [0.29, 0.717) is 0 Å². The molecule has 4 heteroatoms. The first-order valence-corrected chi connectivity index (χ1v) is 10.5. The van der Waals surface area contributed by atoms with Gasteiger partial charge in [0.1, 0.15) is 0 Å². The number of aryl methyl sites for hydroxylation is 2. The van der Waals surface area contributed by atoms with Crippen molar-refractivity contribution in [1.82, 2.24) is 9.91 Å². The summed E-state index contributed by atoms with van der Waals surface area (Å²) >= 11 is 0. The minimum Gasteiger partial charge on any atom is -0.372 e. The molecule has 1 saturated heterocycles. The van der Waals surface area contributed by atoms with Gasteiger partial charge in [0, 0.05) is 51.5 Å². The molecule has 1 aliphatic rings. The summed E-state index contributed by atoms with van der Waals surface area (Å²) in [6.45, 7) is 16.0. The van der Waals surface area contributed by atoms with Crippen molar-refractivity contribution in [3.05, 3.63) is 64.7 Å². The lowest BCUT2D eigenvalue weighted by molar-refractivity contribution is 0.131. The van der Waals surface area contributed by atoms with E-state index >= 15 is 0 Å². The number of hydrogen-bond donors (Lipinski definition) is 0. The largest absolute Gasteiger partial charge is 0.372 e. The van der Waals surface area contributed by atoms with E-state index in [1.807, 2.05) is 6.21 Å². The lowest BCUT2D eigenvalue weighted by Gasteiger charge is -2.33. The minimum absolute atomic E-state index is 0.985. The van der Waals surface area contributed by atoms with Gasteiger partial charge in [0.25, 0.3) is 0 Å². The maximum Gasteiger partial charge on any atom is 0.0542 e. The van der Waals surface area contributed by atoms with Gasteiger partial charge in [-0.2, -0.15) is 5.10 Å². The van der Waals surface area contributed by atoms with E-state index in [0.717, 1.165) is 51.4 Å². The summed E-state index contributed by atoms with van der Waals surface area (Å²) in [6, 6.07) is 15.5. The van der Waals surface area contributed by atoms with Crippen LogP contribution in [-0.4, -0.2) is 55.4 Å². The molecule has 150 valence electrons. The van der Waals surface area contributed by atoms with E-state index in [1.54, 1.807) is 0 Å². The second kappa shape index (κ2) is 9.74. The Morgan fingerprint density at radius 2 is 1.61 bits per heavy atom. The van der Waals surface area contributed by atoms with E-state index in [1.165, 1.54) is 22.4 Å². The molecule has 4 nitrogen and oxygen atoms in total. The second-order valence-electron chi connectivity index (χ2n) is 7.67. The van der Waals surface area contributed by atoms with Gasteiger partial charge in [-0.3, -0.25) is 9.91 Å². The molecule has 28 heavy (non-hydrogen) atoms. The van der Waals surface area contributed by atoms with Crippen LogP contribution in [0.25, 0.3) is 0 Å². The van der Waals surface area contributed by atoms with Crippen molar-refractivity contribution in [3.63, 3.8) is 0 Å². The van der Waals surface area contributed by atoms with Crippen LogP contribution in [0.2, 0.25) is 0 Å². The molecule has 1 aliphatic heterocycles. The van der Waals surface area contributed by atoms with Gasteiger partial charge in [-0.15, -0.1) is 0 Å². The summed E-state index contributed by atoms with van der Waals surface area (Å²) in [5.41, 5.74) is 6.62. The SMILES string of the molecule is CCN(CC)c1ccc(/C=N\N2CCN(Cc3ccc(C)cc3C)CC2)cc1. The summed E-state index contributed by atoms with van der Waals surface area (Å²) in [6.07, 6.45) is 1.99. The smallest absolute Gasteiger partial charge is 0.0542 e. The average Bonchev–Trinajstić information content (AvgIpc) is 2.71. The maximum atomic E-state index is 4.71. The van der Waals surface area contributed by atoms with Crippen LogP contribution in [0.1, 0.15) is 36.1 Å². The van der Waals surface area contributed by atoms with Crippen molar-refractivity contribution in [2.75, 3.05) is 44.2 Å². The monoisotopic (exact) mass is 378 g/mol. The van der Waals surface area contributed by atoms with Gasteiger partial charge in [-0.25, -0.2) is 0 Å². The molecule has 2 aromatic carbocycles. The van der Waals surface area contributed by atoms with Crippen molar-refractivity contribution in [2.24, 2.45) is 5.10 Å². The zero-order chi connectivity index (χ0) is 19.9. The molecule has 1 heterocycles. The fraction of sp³-hybridized carbons (Fsp3) is 0.458. The molecule has 1 fully saturated rings. The van der Waals surface area contributed by atoms with E-state index < -0.39 is 0 Å². The second-order valence-corrected chi connectivity index (χ2v) is 7.67. The van der Waals surface area contributed by atoms with Crippen LogP contribution in [0.3, 0.4) is 0 Å². The third-order valence-corrected chi connectivity index (χ3v) is 5.63. The Morgan fingerprint density at radius 1 is 0.929 bits per heavy atom. The van der Waals surface area contributed by atoms with Crippen LogP contribution in [0.15, 0.2) is 47.6 Å². The first-order valence-electron chi connectivity index (χ1n) is 10.5. The van der Waals surface area contributed by atoms with Crippen LogP contribution in [-0.2, 0) is 6.54 Å². The number of anilines is 1. The summed E-state index contributed by atoms with van der Waals surface area (Å²) < 4.78 is 0. The summed E-state index contributed by atoms with van der Waals surface area (Å²) in [4.78, 5) is 4.89. The quantitative estimate of drug-likeness (QED) is 0.671. The van der Waals surface area contributed by atoms with Crippen molar-refractivity contribution in [2.45, 2.75) is 34.2 Å². The van der Waals surface area contributed by atoms with Gasteiger partial charge in [-0.05, 0) is 56.5 Å². The highest BCUT2D eigenvalue weighted by molar-refractivity contribution is 5.80.